The smallest absolute Gasteiger partial charge is 0.161 e. The highest BCUT2D eigenvalue weighted by Crippen LogP contribution is 2.33. The first-order chi connectivity index (χ1) is 8.17. The second-order valence-corrected chi connectivity index (χ2v) is 4.77. The van der Waals surface area contributed by atoms with E-state index in [1.54, 1.807) is 14.2 Å². The first-order valence-electron chi connectivity index (χ1n) is 5.56. The van der Waals surface area contributed by atoms with Crippen molar-refractivity contribution in [1.29, 1.82) is 0 Å². The Labute approximate surface area is 108 Å². The second kappa shape index (κ2) is 6.77. The van der Waals surface area contributed by atoms with Crippen LogP contribution < -0.4 is 14.8 Å². The predicted octanol–water partition coefficient (Wildman–Crippen LogP) is 2.64. The van der Waals surface area contributed by atoms with Crippen LogP contribution in [0.2, 0.25) is 0 Å². The lowest BCUT2D eigenvalue weighted by Crippen LogP contribution is -2.19. The van der Waals surface area contributed by atoms with Gasteiger partial charge in [-0.3, -0.25) is 0 Å². The van der Waals surface area contributed by atoms with Crippen molar-refractivity contribution in [3.63, 3.8) is 0 Å². The summed E-state index contributed by atoms with van der Waals surface area (Å²) in [6.07, 6.45) is 2.11. The molecule has 0 saturated carbocycles. The molecule has 0 saturated heterocycles. The van der Waals surface area contributed by atoms with Gasteiger partial charge in [-0.2, -0.15) is 11.8 Å². The minimum absolute atomic E-state index is 0.338. The van der Waals surface area contributed by atoms with Crippen LogP contribution in [0.4, 0.5) is 0 Å². The Morgan fingerprint density at radius 1 is 1.24 bits per heavy atom. The van der Waals surface area contributed by atoms with E-state index in [1.165, 1.54) is 11.1 Å². The topological polar surface area (TPSA) is 30.5 Å². The van der Waals surface area contributed by atoms with E-state index >= 15 is 0 Å². The molecular weight excluding hydrogens is 234 g/mol. The molecule has 1 aromatic rings. The Bertz CT molecular complexity index is 369. The highest BCUT2D eigenvalue weighted by molar-refractivity contribution is 7.98. The van der Waals surface area contributed by atoms with E-state index in [4.69, 9.17) is 9.47 Å². The SMILES string of the molecule is CNC(CSC)c1cc(OC)c(OC)cc1C. The summed E-state index contributed by atoms with van der Waals surface area (Å²) in [5, 5.41) is 3.33. The van der Waals surface area contributed by atoms with E-state index in [-0.39, 0.29) is 0 Å². The molecule has 1 atom stereocenters. The molecule has 1 aromatic carbocycles. The van der Waals surface area contributed by atoms with E-state index in [2.05, 4.69) is 24.6 Å². The quantitative estimate of drug-likeness (QED) is 0.846. The molecule has 0 bridgehead atoms. The maximum atomic E-state index is 5.35. The number of hydrogen-bond donors (Lipinski definition) is 1. The molecule has 4 heteroatoms. The fraction of sp³-hybridized carbons (Fsp3) is 0.538. The van der Waals surface area contributed by atoms with Gasteiger partial charge in [-0.15, -0.1) is 0 Å². The molecule has 0 radical (unpaired) electrons. The number of benzene rings is 1. The molecule has 0 spiro atoms. The third kappa shape index (κ3) is 3.30. The first-order valence-corrected chi connectivity index (χ1v) is 6.96. The molecule has 0 aliphatic carbocycles. The largest absolute Gasteiger partial charge is 0.493 e. The molecular formula is C13H21NO2S. The van der Waals surface area contributed by atoms with Crippen molar-refractivity contribution < 1.29 is 9.47 Å². The third-order valence-corrected chi connectivity index (χ3v) is 3.50. The first kappa shape index (κ1) is 14.2. The number of ether oxygens (including phenoxy) is 2. The number of nitrogens with one attached hydrogen (secondary N) is 1. The Kier molecular flexibility index (Phi) is 5.65. The maximum Gasteiger partial charge on any atom is 0.161 e. The zero-order chi connectivity index (χ0) is 12.8. The zero-order valence-electron chi connectivity index (χ0n) is 11.2. The standard InChI is InChI=1S/C13H21NO2S/c1-9-6-12(15-3)13(16-4)7-10(9)11(14-2)8-17-5/h6-7,11,14H,8H2,1-5H3. The summed E-state index contributed by atoms with van der Waals surface area (Å²) in [5.41, 5.74) is 2.48. The number of rotatable bonds is 6. The zero-order valence-corrected chi connectivity index (χ0v) is 12.0. The maximum absolute atomic E-state index is 5.35. The lowest BCUT2D eigenvalue weighted by atomic mass is 10.0. The normalized spacial score (nSPS) is 12.3. The highest BCUT2D eigenvalue weighted by Gasteiger charge is 2.15. The van der Waals surface area contributed by atoms with Gasteiger partial charge in [0.15, 0.2) is 11.5 Å². The van der Waals surface area contributed by atoms with Gasteiger partial charge in [0.1, 0.15) is 0 Å². The monoisotopic (exact) mass is 255 g/mol. The molecule has 1 unspecified atom stereocenters. The van der Waals surface area contributed by atoms with E-state index in [0.717, 1.165) is 17.3 Å². The molecule has 0 aliphatic rings. The van der Waals surface area contributed by atoms with Crippen molar-refractivity contribution >= 4 is 11.8 Å². The van der Waals surface area contributed by atoms with E-state index < -0.39 is 0 Å². The summed E-state index contributed by atoms with van der Waals surface area (Å²) in [7, 11) is 5.31. The van der Waals surface area contributed by atoms with Crippen LogP contribution in [0.3, 0.4) is 0 Å². The van der Waals surface area contributed by atoms with Gasteiger partial charge >= 0.3 is 0 Å². The van der Waals surface area contributed by atoms with Crippen molar-refractivity contribution in [3.05, 3.63) is 23.3 Å². The molecule has 96 valence electrons. The number of hydrogen-bond acceptors (Lipinski definition) is 4. The van der Waals surface area contributed by atoms with Crippen molar-refractivity contribution in [3.8, 4) is 11.5 Å². The Hall–Kier alpha value is -0.870. The molecule has 0 heterocycles. The van der Waals surface area contributed by atoms with Gasteiger partial charge in [0.25, 0.3) is 0 Å². The molecule has 0 aliphatic heterocycles. The lowest BCUT2D eigenvalue weighted by molar-refractivity contribution is 0.353. The predicted molar refractivity (Wildman–Crippen MR) is 74.5 cm³/mol. The third-order valence-electron chi connectivity index (χ3n) is 2.83. The van der Waals surface area contributed by atoms with Crippen LogP contribution >= 0.6 is 11.8 Å². The van der Waals surface area contributed by atoms with Gasteiger partial charge in [-0.05, 0) is 43.5 Å². The van der Waals surface area contributed by atoms with Crippen LogP contribution in [0, 0.1) is 6.92 Å². The summed E-state index contributed by atoms with van der Waals surface area (Å²) in [4.78, 5) is 0. The van der Waals surface area contributed by atoms with Crippen LogP contribution in [-0.4, -0.2) is 33.3 Å². The van der Waals surface area contributed by atoms with Gasteiger partial charge in [0, 0.05) is 11.8 Å². The number of thioether (sulfide) groups is 1. The summed E-state index contributed by atoms with van der Waals surface area (Å²) in [6.45, 7) is 2.10. The summed E-state index contributed by atoms with van der Waals surface area (Å²) >= 11 is 1.83. The van der Waals surface area contributed by atoms with Crippen molar-refractivity contribution in [2.24, 2.45) is 0 Å². The molecule has 17 heavy (non-hydrogen) atoms. The molecule has 3 nitrogen and oxygen atoms in total. The van der Waals surface area contributed by atoms with Gasteiger partial charge in [-0.25, -0.2) is 0 Å². The Morgan fingerprint density at radius 3 is 2.29 bits per heavy atom. The fourth-order valence-electron chi connectivity index (χ4n) is 1.87. The van der Waals surface area contributed by atoms with Gasteiger partial charge in [0.05, 0.1) is 14.2 Å². The molecule has 1 rings (SSSR count). The average Bonchev–Trinajstić information content (AvgIpc) is 2.36. The van der Waals surface area contributed by atoms with Gasteiger partial charge in [0.2, 0.25) is 0 Å². The van der Waals surface area contributed by atoms with Crippen molar-refractivity contribution in [2.75, 3.05) is 33.3 Å². The van der Waals surface area contributed by atoms with Crippen molar-refractivity contribution in [1.82, 2.24) is 5.32 Å². The van der Waals surface area contributed by atoms with Crippen LogP contribution in [0.5, 0.6) is 11.5 Å². The number of aryl methyl sites for hydroxylation is 1. The lowest BCUT2D eigenvalue weighted by Gasteiger charge is -2.20. The highest BCUT2D eigenvalue weighted by atomic mass is 32.2. The fourth-order valence-corrected chi connectivity index (χ4v) is 2.55. The minimum Gasteiger partial charge on any atom is -0.493 e. The summed E-state index contributed by atoms with van der Waals surface area (Å²) in [5.74, 6) is 2.61. The second-order valence-electron chi connectivity index (χ2n) is 3.86. The van der Waals surface area contributed by atoms with Crippen LogP contribution in [0.25, 0.3) is 0 Å². The van der Waals surface area contributed by atoms with E-state index in [9.17, 15) is 0 Å². The number of methoxy groups -OCH3 is 2. The van der Waals surface area contributed by atoms with Crippen LogP contribution in [0.1, 0.15) is 17.2 Å². The van der Waals surface area contributed by atoms with Crippen LogP contribution in [-0.2, 0) is 0 Å². The molecule has 0 aromatic heterocycles. The van der Waals surface area contributed by atoms with Crippen molar-refractivity contribution in [2.45, 2.75) is 13.0 Å². The van der Waals surface area contributed by atoms with Gasteiger partial charge in [-0.1, -0.05) is 0 Å². The van der Waals surface area contributed by atoms with E-state index in [0.29, 0.717) is 6.04 Å². The molecule has 0 amide bonds. The summed E-state index contributed by atoms with van der Waals surface area (Å²) < 4.78 is 10.6. The minimum atomic E-state index is 0.338. The summed E-state index contributed by atoms with van der Waals surface area (Å²) in [6, 6.07) is 4.43. The Morgan fingerprint density at radius 2 is 1.82 bits per heavy atom. The average molecular weight is 255 g/mol. The Balaban J connectivity index is 3.14. The van der Waals surface area contributed by atoms with Gasteiger partial charge < -0.3 is 14.8 Å². The van der Waals surface area contributed by atoms with E-state index in [1.807, 2.05) is 24.9 Å². The molecule has 0 fully saturated rings. The molecule has 1 N–H and O–H groups in total. The van der Waals surface area contributed by atoms with Crippen LogP contribution in [0.15, 0.2) is 12.1 Å².